The van der Waals surface area contributed by atoms with Crippen molar-refractivity contribution in [3.63, 3.8) is 0 Å². The molecule has 1 aliphatic rings. The molecule has 3 rings (SSSR count). The normalized spacial score (nSPS) is 15.9. The predicted molar refractivity (Wildman–Crippen MR) is 144 cm³/mol. The Morgan fingerprint density at radius 3 is 2.26 bits per heavy atom. The van der Waals surface area contributed by atoms with Gasteiger partial charge in [0, 0.05) is 38.7 Å². The highest BCUT2D eigenvalue weighted by Crippen LogP contribution is 2.29. The van der Waals surface area contributed by atoms with Crippen molar-refractivity contribution < 1.29 is 9.90 Å². The number of amidine groups is 1. The topological polar surface area (TPSA) is 56.1 Å². The smallest absolute Gasteiger partial charge is 0.149 e. The number of aliphatic hydroxyl groups excluding tert-OH is 1. The number of nitrogens with zero attached hydrogens (tertiary/aromatic N) is 3. The van der Waals surface area contributed by atoms with Crippen molar-refractivity contribution in [2.75, 3.05) is 26.7 Å². The SMILES string of the molecule is C=C/C(=C\C(O)=C/C)CN1CCC(N=C(C)N(C)C(c2ccccc2)c2ccccc2)=C(C=O)C1. The molecule has 0 saturated carbocycles. The van der Waals surface area contributed by atoms with Gasteiger partial charge in [0.05, 0.1) is 11.7 Å². The summed E-state index contributed by atoms with van der Waals surface area (Å²) in [6, 6.07) is 20.8. The van der Waals surface area contributed by atoms with E-state index in [1.807, 2.05) is 19.1 Å². The highest BCUT2D eigenvalue weighted by Gasteiger charge is 2.23. The summed E-state index contributed by atoms with van der Waals surface area (Å²) in [7, 11) is 2.05. The van der Waals surface area contributed by atoms with Gasteiger partial charge in [-0.25, -0.2) is 4.99 Å². The van der Waals surface area contributed by atoms with Crippen LogP contribution in [0.15, 0.2) is 113 Å². The van der Waals surface area contributed by atoms with Crippen LogP contribution < -0.4 is 0 Å². The molecule has 0 spiro atoms. The number of benzene rings is 2. The minimum absolute atomic E-state index is 0.0149. The van der Waals surface area contributed by atoms with E-state index >= 15 is 0 Å². The molecule has 182 valence electrons. The van der Waals surface area contributed by atoms with Crippen molar-refractivity contribution in [1.82, 2.24) is 9.80 Å². The summed E-state index contributed by atoms with van der Waals surface area (Å²) in [5.74, 6) is 1.06. The molecule has 2 aromatic rings. The number of hydrogen-bond donors (Lipinski definition) is 1. The minimum atomic E-state index is 0.0149. The average molecular weight is 470 g/mol. The van der Waals surface area contributed by atoms with E-state index in [1.165, 1.54) is 11.1 Å². The standard InChI is InChI=1S/C30H35N3O2/c1-5-24(19-28(35)6-2)20-33-18-17-29(27(21-33)22-34)31-23(3)32(4)30(25-13-9-7-10-14-25)26-15-11-8-12-16-26/h5-16,19,22,30,35H,1,17-18,20-21H2,2-4H3/b24-19+,28-6+,31-23?. The molecule has 0 saturated heterocycles. The summed E-state index contributed by atoms with van der Waals surface area (Å²) < 4.78 is 0. The molecule has 2 aromatic carbocycles. The zero-order valence-corrected chi connectivity index (χ0v) is 20.9. The zero-order valence-electron chi connectivity index (χ0n) is 20.9. The highest BCUT2D eigenvalue weighted by molar-refractivity contribution is 5.83. The molecule has 0 atom stereocenters. The first-order chi connectivity index (χ1) is 17.0. The Morgan fingerprint density at radius 2 is 1.74 bits per heavy atom. The number of aliphatic imine (C=N–C) groups is 1. The van der Waals surface area contributed by atoms with Crippen molar-refractivity contribution in [3.05, 3.63) is 119 Å². The van der Waals surface area contributed by atoms with Crippen LogP contribution in [-0.4, -0.2) is 53.7 Å². The fourth-order valence-electron chi connectivity index (χ4n) is 4.28. The lowest BCUT2D eigenvalue weighted by Gasteiger charge is -2.32. The van der Waals surface area contributed by atoms with Gasteiger partial charge in [0.25, 0.3) is 0 Å². The van der Waals surface area contributed by atoms with Crippen LogP contribution in [0, 0.1) is 0 Å². The van der Waals surface area contributed by atoms with Crippen molar-refractivity contribution >= 4 is 12.1 Å². The molecule has 0 bridgehead atoms. The van der Waals surface area contributed by atoms with Crippen molar-refractivity contribution in [1.29, 1.82) is 0 Å². The maximum Gasteiger partial charge on any atom is 0.149 e. The van der Waals surface area contributed by atoms with E-state index in [0.717, 1.165) is 29.9 Å². The van der Waals surface area contributed by atoms with Gasteiger partial charge in [-0.3, -0.25) is 9.69 Å². The number of aliphatic hydroxyl groups is 1. The van der Waals surface area contributed by atoms with Crippen molar-refractivity contribution in [2.24, 2.45) is 4.99 Å². The number of allylic oxidation sites excluding steroid dienone is 2. The van der Waals surface area contributed by atoms with Crippen LogP contribution in [0.3, 0.4) is 0 Å². The largest absolute Gasteiger partial charge is 0.508 e. The maximum absolute atomic E-state index is 12.0. The number of carbonyl (C=O) groups excluding carboxylic acids is 1. The Kier molecular flexibility index (Phi) is 9.39. The first-order valence-electron chi connectivity index (χ1n) is 11.9. The summed E-state index contributed by atoms with van der Waals surface area (Å²) in [5.41, 5.74) is 4.80. The molecule has 0 unspecified atom stereocenters. The Hall–Kier alpha value is -3.70. The zero-order chi connectivity index (χ0) is 25.2. The van der Waals surface area contributed by atoms with Crippen LogP contribution in [0.1, 0.15) is 37.4 Å². The van der Waals surface area contributed by atoms with Gasteiger partial charge >= 0.3 is 0 Å². The van der Waals surface area contributed by atoms with E-state index < -0.39 is 0 Å². The molecule has 0 aromatic heterocycles. The van der Waals surface area contributed by atoms with Gasteiger partial charge in [0.15, 0.2) is 0 Å². The minimum Gasteiger partial charge on any atom is -0.508 e. The molecule has 1 heterocycles. The third-order valence-electron chi connectivity index (χ3n) is 6.29. The van der Waals surface area contributed by atoms with Crippen LogP contribution in [0.4, 0.5) is 0 Å². The number of carbonyl (C=O) groups is 1. The Bertz CT molecular complexity index is 1090. The molecule has 1 N–H and O–H groups in total. The predicted octanol–water partition coefficient (Wildman–Crippen LogP) is 5.86. The van der Waals surface area contributed by atoms with Crippen LogP contribution in [0.2, 0.25) is 0 Å². The van der Waals surface area contributed by atoms with Gasteiger partial charge in [-0.2, -0.15) is 0 Å². The van der Waals surface area contributed by atoms with E-state index in [9.17, 15) is 9.90 Å². The number of aldehydes is 1. The lowest BCUT2D eigenvalue weighted by molar-refractivity contribution is -0.105. The van der Waals surface area contributed by atoms with E-state index in [4.69, 9.17) is 4.99 Å². The molecule has 35 heavy (non-hydrogen) atoms. The fraction of sp³-hybridized carbons (Fsp3) is 0.267. The molecule has 0 amide bonds. The summed E-state index contributed by atoms with van der Waals surface area (Å²) in [4.78, 5) is 21.3. The molecule has 0 fully saturated rings. The van der Waals surface area contributed by atoms with Gasteiger partial charge < -0.3 is 10.0 Å². The molecule has 0 aliphatic carbocycles. The molecule has 0 radical (unpaired) electrons. The molecular weight excluding hydrogens is 434 g/mol. The monoisotopic (exact) mass is 469 g/mol. The Labute approximate surface area is 209 Å². The van der Waals surface area contributed by atoms with E-state index in [1.54, 1.807) is 25.2 Å². The van der Waals surface area contributed by atoms with E-state index in [0.29, 0.717) is 25.1 Å². The first-order valence-corrected chi connectivity index (χ1v) is 11.9. The number of rotatable bonds is 9. The molecular formula is C30H35N3O2. The fourth-order valence-corrected chi connectivity index (χ4v) is 4.28. The molecule has 5 heteroatoms. The van der Waals surface area contributed by atoms with E-state index in [-0.39, 0.29) is 11.8 Å². The van der Waals surface area contributed by atoms with Crippen LogP contribution >= 0.6 is 0 Å². The maximum atomic E-state index is 12.0. The third kappa shape index (κ3) is 6.90. The lowest BCUT2D eigenvalue weighted by atomic mass is 9.97. The van der Waals surface area contributed by atoms with Crippen molar-refractivity contribution in [3.8, 4) is 0 Å². The first kappa shape index (κ1) is 25.9. The molecule has 5 nitrogen and oxygen atoms in total. The van der Waals surface area contributed by atoms with Crippen LogP contribution in [0.5, 0.6) is 0 Å². The van der Waals surface area contributed by atoms with Gasteiger partial charge in [0.1, 0.15) is 17.9 Å². The average Bonchev–Trinajstić information content (AvgIpc) is 2.90. The van der Waals surface area contributed by atoms with Crippen molar-refractivity contribution in [2.45, 2.75) is 26.3 Å². The second-order valence-corrected chi connectivity index (χ2v) is 8.68. The van der Waals surface area contributed by atoms with Gasteiger partial charge in [-0.15, -0.1) is 0 Å². The van der Waals surface area contributed by atoms with Gasteiger partial charge in [-0.1, -0.05) is 73.3 Å². The van der Waals surface area contributed by atoms with E-state index in [2.05, 4.69) is 72.0 Å². The summed E-state index contributed by atoms with van der Waals surface area (Å²) in [6.07, 6.45) is 6.69. The summed E-state index contributed by atoms with van der Waals surface area (Å²) in [5, 5.41) is 9.82. The second-order valence-electron chi connectivity index (χ2n) is 8.68. The Balaban J connectivity index is 1.84. The second kappa shape index (κ2) is 12.7. The summed E-state index contributed by atoms with van der Waals surface area (Å²) in [6.45, 7) is 9.53. The summed E-state index contributed by atoms with van der Waals surface area (Å²) >= 11 is 0. The highest BCUT2D eigenvalue weighted by atomic mass is 16.3. The quantitative estimate of drug-likeness (QED) is 0.164. The number of hydrogen-bond acceptors (Lipinski definition) is 4. The third-order valence-corrected chi connectivity index (χ3v) is 6.29. The molecule has 1 aliphatic heterocycles. The van der Waals surface area contributed by atoms with Crippen LogP contribution in [-0.2, 0) is 4.79 Å². The van der Waals surface area contributed by atoms with Gasteiger partial charge in [-0.05, 0) is 42.7 Å². The lowest BCUT2D eigenvalue weighted by Crippen LogP contribution is -2.34. The van der Waals surface area contributed by atoms with Gasteiger partial charge in [0.2, 0.25) is 0 Å². The Morgan fingerprint density at radius 1 is 1.14 bits per heavy atom. The van der Waals surface area contributed by atoms with Crippen LogP contribution in [0.25, 0.3) is 0 Å².